The van der Waals surface area contributed by atoms with E-state index < -0.39 is 0 Å². The fraction of sp³-hybridized carbons (Fsp3) is 0.538. The summed E-state index contributed by atoms with van der Waals surface area (Å²) >= 11 is 0. The summed E-state index contributed by atoms with van der Waals surface area (Å²) in [4.78, 5) is 0. The highest BCUT2D eigenvalue weighted by molar-refractivity contribution is 5.49. The third-order valence-corrected chi connectivity index (χ3v) is 3.38. The second-order valence-corrected chi connectivity index (χ2v) is 4.41. The lowest BCUT2D eigenvalue weighted by atomic mass is 9.80. The summed E-state index contributed by atoms with van der Waals surface area (Å²) in [5, 5.41) is 10.0. The highest BCUT2D eigenvalue weighted by Gasteiger charge is 2.27. The van der Waals surface area contributed by atoms with Crippen LogP contribution < -0.4 is 4.74 Å². The molecule has 0 fully saturated rings. The van der Waals surface area contributed by atoms with E-state index >= 15 is 0 Å². The average molecular weight is 206 g/mol. The van der Waals surface area contributed by atoms with Crippen molar-refractivity contribution in [2.75, 3.05) is 7.11 Å². The Morgan fingerprint density at radius 2 is 2.00 bits per heavy atom. The zero-order valence-electron chi connectivity index (χ0n) is 9.58. The molecule has 1 aromatic carbocycles. The van der Waals surface area contributed by atoms with E-state index in [0.29, 0.717) is 5.92 Å². The lowest BCUT2D eigenvalue weighted by Gasteiger charge is -2.29. The molecule has 82 valence electrons. The number of fused-ring (bicyclic) bond motifs is 1. The van der Waals surface area contributed by atoms with Gasteiger partial charge in [0.2, 0.25) is 0 Å². The molecule has 15 heavy (non-hydrogen) atoms. The Balaban J connectivity index is 2.63. The van der Waals surface area contributed by atoms with Crippen molar-refractivity contribution in [2.24, 2.45) is 0 Å². The minimum Gasteiger partial charge on any atom is -0.496 e. The van der Waals surface area contributed by atoms with Gasteiger partial charge in [-0.05, 0) is 42.9 Å². The van der Waals surface area contributed by atoms with Crippen molar-refractivity contribution >= 4 is 0 Å². The van der Waals surface area contributed by atoms with Crippen molar-refractivity contribution in [3.05, 3.63) is 28.8 Å². The molecule has 1 aliphatic rings. The Morgan fingerprint density at radius 3 is 2.67 bits per heavy atom. The Morgan fingerprint density at radius 1 is 1.27 bits per heavy atom. The van der Waals surface area contributed by atoms with Crippen LogP contribution in [0.3, 0.4) is 0 Å². The van der Waals surface area contributed by atoms with E-state index in [0.717, 1.165) is 24.2 Å². The topological polar surface area (TPSA) is 29.5 Å². The molecule has 1 aromatic rings. The maximum atomic E-state index is 10.0. The van der Waals surface area contributed by atoms with Gasteiger partial charge in [-0.1, -0.05) is 13.0 Å². The fourth-order valence-corrected chi connectivity index (χ4v) is 2.55. The molecule has 1 N–H and O–H groups in total. The van der Waals surface area contributed by atoms with Crippen LogP contribution >= 0.6 is 0 Å². The minimum atomic E-state index is -0.314. The zero-order valence-corrected chi connectivity index (χ0v) is 9.58. The smallest absolute Gasteiger partial charge is 0.122 e. The summed E-state index contributed by atoms with van der Waals surface area (Å²) in [7, 11) is 1.69. The Kier molecular flexibility index (Phi) is 2.70. The summed E-state index contributed by atoms with van der Waals surface area (Å²) in [6, 6.07) is 4.03. The molecule has 0 aliphatic heterocycles. The molecule has 1 unspecified atom stereocenters. The molecule has 2 heteroatoms. The van der Waals surface area contributed by atoms with Crippen LogP contribution in [0.15, 0.2) is 12.1 Å². The lowest BCUT2D eigenvalue weighted by molar-refractivity contribution is 0.150. The number of aliphatic hydroxyl groups excluding tert-OH is 1. The maximum Gasteiger partial charge on any atom is 0.122 e. The minimum absolute atomic E-state index is 0.314. The molecule has 0 saturated carbocycles. The molecular weight excluding hydrogens is 188 g/mol. The highest BCUT2D eigenvalue weighted by Crippen LogP contribution is 2.43. The van der Waals surface area contributed by atoms with Crippen LogP contribution in [0.25, 0.3) is 0 Å². The van der Waals surface area contributed by atoms with E-state index in [9.17, 15) is 5.11 Å². The fourth-order valence-electron chi connectivity index (χ4n) is 2.55. The van der Waals surface area contributed by atoms with Gasteiger partial charge in [-0.3, -0.25) is 0 Å². The van der Waals surface area contributed by atoms with Gasteiger partial charge in [0, 0.05) is 5.56 Å². The average Bonchev–Trinajstić information content (AvgIpc) is 2.23. The molecule has 0 aromatic heterocycles. The maximum absolute atomic E-state index is 10.0. The SMILES string of the molecule is COc1ccc(C)c2c1C(C)CC[C@@H]2O. The van der Waals surface area contributed by atoms with Crippen molar-refractivity contribution in [1.29, 1.82) is 0 Å². The quantitative estimate of drug-likeness (QED) is 0.765. The van der Waals surface area contributed by atoms with Gasteiger partial charge in [-0.2, -0.15) is 0 Å². The van der Waals surface area contributed by atoms with Crippen molar-refractivity contribution < 1.29 is 9.84 Å². The lowest BCUT2D eigenvalue weighted by Crippen LogP contribution is -2.15. The number of rotatable bonds is 1. The summed E-state index contributed by atoms with van der Waals surface area (Å²) in [5.41, 5.74) is 3.47. The van der Waals surface area contributed by atoms with Gasteiger partial charge in [0.25, 0.3) is 0 Å². The summed E-state index contributed by atoms with van der Waals surface area (Å²) in [6.45, 7) is 4.26. The highest BCUT2D eigenvalue weighted by atomic mass is 16.5. The van der Waals surface area contributed by atoms with Crippen LogP contribution in [0.1, 0.15) is 48.5 Å². The van der Waals surface area contributed by atoms with Crippen LogP contribution in [0, 0.1) is 6.92 Å². The van der Waals surface area contributed by atoms with E-state index in [1.54, 1.807) is 7.11 Å². The first-order valence-corrected chi connectivity index (χ1v) is 5.50. The Bertz CT molecular complexity index is 371. The number of hydrogen-bond acceptors (Lipinski definition) is 2. The van der Waals surface area contributed by atoms with Gasteiger partial charge < -0.3 is 9.84 Å². The number of hydrogen-bond donors (Lipinski definition) is 1. The monoisotopic (exact) mass is 206 g/mol. The third kappa shape index (κ3) is 1.63. The third-order valence-electron chi connectivity index (χ3n) is 3.38. The summed E-state index contributed by atoms with van der Waals surface area (Å²) in [5.74, 6) is 1.40. The van der Waals surface area contributed by atoms with Crippen molar-refractivity contribution in [1.82, 2.24) is 0 Å². The molecule has 1 aliphatic carbocycles. The van der Waals surface area contributed by atoms with Gasteiger partial charge in [-0.15, -0.1) is 0 Å². The first-order chi connectivity index (χ1) is 7.15. The van der Waals surface area contributed by atoms with Gasteiger partial charge in [0.1, 0.15) is 5.75 Å². The van der Waals surface area contributed by atoms with E-state index in [1.807, 2.05) is 12.1 Å². The normalized spacial score (nSPS) is 24.8. The van der Waals surface area contributed by atoms with Gasteiger partial charge in [0.15, 0.2) is 0 Å². The van der Waals surface area contributed by atoms with Crippen LogP contribution in [0.4, 0.5) is 0 Å². The molecule has 0 radical (unpaired) electrons. The number of benzene rings is 1. The molecule has 2 rings (SSSR count). The largest absolute Gasteiger partial charge is 0.496 e. The first kappa shape index (κ1) is 10.5. The summed E-state index contributed by atoms with van der Waals surface area (Å²) in [6.07, 6.45) is 1.59. The second-order valence-electron chi connectivity index (χ2n) is 4.41. The Labute approximate surface area is 90.9 Å². The predicted octanol–water partition coefficient (Wildman–Crippen LogP) is 2.93. The van der Waals surface area contributed by atoms with E-state index in [4.69, 9.17) is 4.74 Å². The number of aryl methyl sites for hydroxylation is 1. The molecule has 0 spiro atoms. The van der Waals surface area contributed by atoms with Gasteiger partial charge in [0.05, 0.1) is 13.2 Å². The van der Waals surface area contributed by atoms with Crippen LogP contribution in [-0.2, 0) is 0 Å². The molecule has 0 bridgehead atoms. The molecular formula is C13H18O2. The van der Waals surface area contributed by atoms with E-state index in [-0.39, 0.29) is 6.10 Å². The van der Waals surface area contributed by atoms with Crippen LogP contribution in [-0.4, -0.2) is 12.2 Å². The molecule has 2 atom stereocenters. The summed E-state index contributed by atoms with van der Waals surface area (Å²) < 4.78 is 5.38. The van der Waals surface area contributed by atoms with E-state index in [1.165, 1.54) is 11.1 Å². The van der Waals surface area contributed by atoms with Crippen LogP contribution in [0.5, 0.6) is 5.75 Å². The van der Waals surface area contributed by atoms with E-state index in [2.05, 4.69) is 13.8 Å². The number of ether oxygens (including phenoxy) is 1. The second kappa shape index (κ2) is 3.86. The number of aliphatic hydroxyl groups is 1. The zero-order chi connectivity index (χ0) is 11.0. The van der Waals surface area contributed by atoms with Crippen molar-refractivity contribution in [3.63, 3.8) is 0 Å². The predicted molar refractivity (Wildman–Crippen MR) is 60.3 cm³/mol. The molecule has 2 nitrogen and oxygen atoms in total. The number of methoxy groups -OCH3 is 1. The molecule has 0 saturated heterocycles. The Hall–Kier alpha value is -1.02. The van der Waals surface area contributed by atoms with Crippen LogP contribution in [0.2, 0.25) is 0 Å². The first-order valence-electron chi connectivity index (χ1n) is 5.50. The molecule has 0 amide bonds. The van der Waals surface area contributed by atoms with Gasteiger partial charge in [-0.25, -0.2) is 0 Å². The van der Waals surface area contributed by atoms with Crippen molar-refractivity contribution in [3.8, 4) is 5.75 Å². The van der Waals surface area contributed by atoms with Gasteiger partial charge >= 0.3 is 0 Å². The molecule has 0 heterocycles. The standard InChI is InChI=1S/C13H18O2/c1-8-5-7-11(15-3)13-9(2)4-6-10(14)12(8)13/h5,7,9-10,14H,4,6H2,1-3H3/t9?,10-/m0/s1. The van der Waals surface area contributed by atoms with Crippen molar-refractivity contribution in [2.45, 2.75) is 38.7 Å².